The summed E-state index contributed by atoms with van der Waals surface area (Å²) in [5, 5.41) is 2.10. The summed E-state index contributed by atoms with van der Waals surface area (Å²) >= 11 is 0. The van der Waals surface area contributed by atoms with Crippen LogP contribution in [0.1, 0.15) is 40.0 Å². The summed E-state index contributed by atoms with van der Waals surface area (Å²) in [7, 11) is 0. The van der Waals surface area contributed by atoms with E-state index in [9.17, 15) is 0 Å². The Bertz CT molecular complexity index is 111. The lowest BCUT2D eigenvalue weighted by molar-refractivity contribution is -0.235. The molecule has 0 aromatic heterocycles. The number of hydrogen-bond acceptors (Lipinski definition) is 2. The summed E-state index contributed by atoms with van der Waals surface area (Å²) in [6.45, 7) is 8.51. The molecule has 0 radical (unpaired) electrons. The molecule has 1 aliphatic heterocycles. The van der Waals surface area contributed by atoms with Gasteiger partial charge < -0.3 is 0 Å². The molecule has 2 heteroatoms. The maximum Gasteiger partial charge on any atom is 0.0815 e. The van der Waals surface area contributed by atoms with Gasteiger partial charge in [-0.3, -0.25) is 4.84 Å². The molecule has 0 amide bonds. The van der Waals surface area contributed by atoms with Gasteiger partial charge in [-0.2, -0.15) is 5.06 Å². The zero-order valence-corrected chi connectivity index (χ0v) is 7.89. The first-order valence-corrected chi connectivity index (χ1v) is 4.52. The van der Waals surface area contributed by atoms with Crippen molar-refractivity contribution in [3.63, 3.8) is 0 Å². The maximum atomic E-state index is 5.71. The molecule has 0 bridgehead atoms. The quantitative estimate of drug-likeness (QED) is 0.578. The van der Waals surface area contributed by atoms with E-state index in [0.717, 1.165) is 13.1 Å². The number of rotatable bonds is 1. The minimum Gasteiger partial charge on any atom is -0.293 e. The number of hydroxylamine groups is 2. The Hall–Kier alpha value is -0.0800. The molecule has 0 aromatic rings. The number of nitrogens with zero attached hydrogens (tertiary/aromatic N) is 1. The van der Waals surface area contributed by atoms with Crippen LogP contribution in [-0.2, 0) is 4.84 Å². The number of hydrogen-bond donors (Lipinski definition) is 0. The van der Waals surface area contributed by atoms with Crippen molar-refractivity contribution in [2.75, 3.05) is 13.1 Å². The van der Waals surface area contributed by atoms with Crippen LogP contribution >= 0.6 is 0 Å². The monoisotopic (exact) mass is 157 g/mol. The van der Waals surface area contributed by atoms with Gasteiger partial charge in [-0.1, -0.05) is 6.42 Å². The molecule has 1 fully saturated rings. The van der Waals surface area contributed by atoms with Crippen molar-refractivity contribution in [2.45, 2.75) is 45.6 Å². The third-order valence-corrected chi connectivity index (χ3v) is 1.72. The summed E-state index contributed by atoms with van der Waals surface area (Å²) in [5.74, 6) is 0. The Morgan fingerprint density at radius 3 is 2.00 bits per heavy atom. The average Bonchev–Trinajstić information content (AvgIpc) is 1.85. The van der Waals surface area contributed by atoms with E-state index >= 15 is 0 Å². The molecule has 1 aliphatic rings. The van der Waals surface area contributed by atoms with E-state index < -0.39 is 0 Å². The molecule has 0 unspecified atom stereocenters. The molecule has 1 rings (SSSR count). The lowest BCUT2D eigenvalue weighted by Crippen LogP contribution is -2.37. The highest BCUT2D eigenvalue weighted by molar-refractivity contribution is 4.62. The van der Waals surface area contributed by atoms with Crippen LogP contribution in [0.15, 0.2) is 0 Å². The fourth-order valence-corrected chi connectivity index (χ4v) is 1.34. The van der Waals surface area contributed by atoms with E-state index in [1.54, 1.807) is 0 Å². The fourth-order valence-electron chi connectivity index (χ4n) is 1.34. The molecule has 0 atom stereocenters. The van der Waals surface area contributed by atoms with Gasteiger partial charge in [-0.25, -0.2) is 0 Å². The van der Waals surface area contributed by atoms with E-state index in [0.29, 0.717) is 0 Å². The van der Waals surface area contributed by atoms with Crippen LogP contribution in [0.25, 0.3) is 0 Å². The van der Waals surface area contributed by atoms with Gasteiger partial charge in [0.2, 0.25) is 0 Å². The Kier molecular flexibility index (Phi) is 2.90. The van der Waals surface area contributed by atoms with E-state index in [1.165, 1.54) is 19.3 Å². The second kappa shape index (κ2) is 3.55. The number of piperidine rings is 1. The van der Waals surface area contributed by atoms with Gasteiger partial charge in [-0.05, 0) is 33.6 Å². The molecule has 0 aliphatic carbocycles. The van der Waals surface area contributed by atoms with E-state index in [4.69, 9.17) is 4.84 Å². The van der Waals surface area contributed by atoms with Gasteiger partial charge in [0, 0.05) is 13.1 Å². The first kappa shape index (κ1) is 9.01. The van der Waals surface area contributed by atoms with Gasteiger partial charge in [0.15, 0.2) is 0 Å². The summed E-state index contributed by atoms with van der Waals surface area (Å²) in [4.78, 5) is 5.71. The van der Waals surface area contributed by atoms with Crippen molar-refractivity contribution < 1.29 is 4.84 Å². The molecular formula is C9H19NO. The summed E-state index contributed by atoms with van der Waals surface area (Å²) < 4.78 is 0. The molecule has 0 saturated carbocycles. The Morgan fingerprint density at radius 1 is 1.00 bits per heavy atom. The van der Waals surface area contributed by atoms with Gasteiger partial charge in [0.25, 0.3) is 0 Å². The van der Waals surface area contributed by atoms with Crippen LogP contribution < -0.4 is 0 Å². The highest BCUT2D eigenvalue weighted by Crippen LogP contribution is 2.15. The summed E-state index contributed by atoms with van der Waals surface area (Å²) in [6, 6.07) is 0. The van der Waals surface area contributed by atoms with Crippen LogP contribution in [0.5, 0.6) is 0 Å². The second-order valence-electron chi connectivity index (χ2n) is 4.19. The summed E-state index contributed by atoms with van der Waals surface area (Å²) in [6.07, 6.45) is 3.94. The minimum atomic E-state index is -0.0165. The van der Waals surface area contributed by atoms with E-state index in [2.05, 4.69) is 25.8 Å². The highest BCUT2D eigenvalue weighted by Gasteiger charge is 2.18. The molecule has 11 heavy (non-hydrogen) atoms. The average molecular weight is 157 g/mol. The Labute approximate surface area is 69.5 Å². The molecule has 0 N–H and O–H groups in total. The largest absolute Gasteiger partial charge is 0.293 e. The molecule has 0 aromatic carbocycles. The van der Waals surface area contributed by atoms with Crippen LogP contribution in [0, 0.1) is 0 Å². The van der Waals surface area contributed by atoms with Crippen molar-refractivity contribution in [1.29, 1.82) is 0 Å². The first-order valence-electron chi connectivity index (χ1n) is 4.52. The Morgan fingerprint density at radius 2 is 1.55 bits per heavy atom. The van der Waals surface area contributed by atoms with Crippen molar-refractivity contribution >= 4 is 0 Å². The van der Waals surface area contributed by atoms with Crippen molar-refractivity contribution in [2.24, 2.45) is 0 Å². The van der Waals surface area contributed by atoms with Gasteiger partial charge >= 0.3 is 0 Å². The second-order valence-corrected chi connectivity index (χ2v) is 4.19. The van der Waals surface area contributed by atoms with Crippen molar-refractivity contribution in [3.05, 3.63) is 0 Å². The van der Waals surface area contributed by atoms with Gasteiger partial charge in [0.1, 0.15) is 0 Å². The van der Waals surface area contributed by atoms with Crippen molar-refractivity contribution in [3.8, 4) is 0 Å². The Balaban J connectivity index is 2.24. The SMILES string of the molecule is CC(C)(C)ON1CCCCC1. The van der Waals surface area contributed by atoms with E-state index in [-0.39, 0.29) is 5.60 Å². The molecule has 0 spiro atoms. The minimum absolute atomic E-state index is 0.0165. The maximum absolute atomic E-state index is 5.71. The highest BCUT2D eigenvalue weighted by atomic mass is 16.7. The molecule has 66 valence electrons. The predicted molar refractivity (Wildman–Crippen MR) is 46.3 cm³/mol. The molecule has 1 saturated heterocycles. The lowest BCUT2D eigenvalue weighted by Gasteiger charge is -2.32. The fraction of sp³-hybridized carbons (Fsp3) is 1.00. The lowest BCUT2D eigenvalue weighted by atomic mass is 10.1. The van der Waals surface area contributed by atoms with Gasteiger partial charge in [0.05, 0.1) is 5.60 Å². The van der Waals surface area contributed by atoms with Crippen LogP contribution in [0.2, 0.25) is 0 Å². The zero-order chi connectivity index (χ0) is 8.32. The van der Waals surface area contributed by atoms with Crippen LogP contribution in [0.4, 0.5) is 0 Å². The van der Waals surface area contributed by atoms with Crippen LogP contribution in [-0.4, -0.2) is 23.8 Å². The normalized spacial score (nSPS) is 22.1. The molecule has 1 heterocycles. The van der Waals surface area contributed by atoms with Gasteiger partial charge in [-0.15, -0.1) is 0 Å². The van der Waals surface area contributed by atoms with E-state index in [1.807, 2.05) is 0 Å². The predicted octanol–water partition coefficient (Wildman–Crippen LogP) is 2.20. The smallest absolute Gasteiger partial charge is 0.0815 e. The standard InChI is InChI=1S/C9H19NO/c1-9(2,3)11-10-7-5-4-6-8-10/h4-8H2,1-3H3. The zero-order valence-electron chi connectivity index (χ0n) is 7.89. The third kappa shape index (κ3) is 3.73. The van der Waals surface area contributed by atoms with Crippen LogP contribution in [0.3, 0.4) is 0 Å². The molecular weight excluding hydrogens is 138 g/mol. The molecule has 2 nitrogen and oxygen atoms in total. The third-order valence-electron chi connectivity index (χ3n) is 1.72. The van der Waals surface area contributed by atoms with Crippen molar-refractivity contribution in [1.82, 2.24) is 5.06 Å². The topological polar surface area (TPSA) is 12.5 Å². The summed E-state index contributed by atoms with van der Waals surface area (Å²) in [5.41, 5.74) is -0.0165. The first-order chi connectivity index (χ1) is 5.08.